The number of hydrogen-bond acceptors (Lipinski definition) is 7. The summed E-state index contributed by atoms with van der Waals surface area (Å²) >= 11 is 0. The first-order valence-electron chi connectivity index (χ1n) is 8.89. The van der Waals surface area contributed by atoms with Crippen LogP contribution in [0, 0.1) is 0 Å². The molecule has 3 aromatic rings. The predicted molar refractivity (Wildman–Crippen MR) is 109 cm³/mol. The van der Waals surface area contributed by atoms with E-state index < -0.39 is 23.7 Å². The Morgan fingerprint density at radius 3 is 1.74 bits per heavy atom. The Morgan fingerprint density at radius 2 is 1.19 bits per heavy atom. The number of aromatic hydroxyl groups is 2. The summed E-state index contributed by atoms with van der Waals surface area (Å²) in [5.41, 5.74) is 0.896. The van der Waals surface area contributed by atoms with Gasteiger partial charge in [-0.3, -0.25) is 0 Å². The van der Waals surface area contributed by atoms with E-state index in [0.29, 0.717) is 5.56 Å². The van der Waals surface area contributed by atoms with Crippen LogP contribution in [0.2, 0.25) is 0 Å². The van der Waals surface area contributed by atoms with Crippen LogP contribution in [-0.4, -0.2) is 33.2 Å². The van der Waals surface area contributed by atoms with Gasteiger partial charge in [0.15, 0.2) is 11.5 Å². The molecule has 3 aromatic carbocycles. The van der Waals surface area contributed by atoms with Crippen LogP contribution < -0.4 is 9.47 Å². The molecule has 0 atom stereocenters. The fraction of sp³-hybridized carbons (Fsp3) is 0. The minimum Gasteiger partial charge on any atom is -0.504 e. The Bertz CT molecular complexity index is 1150. The zero-order valence-corrected chi connectivity index (χ0v) is 15.9. The molecule has 0 radical (unpaired) electrons. The van der Waals surface area contributed by atoms with Gasteiger partial charge in [-0.25, -0.2) is 14.4 Å². The van der Waals surface area contributed by atoms with Crippen LogP contribution in [-0.2, 0) is 4.79 Å². The van der Waals surface area contributed by atoms with Crippen molar-refractivity contribution in [3.63, 3.8) is 0 Å². The first-order chi connectivity index (χ1) is 14.8. The number of carboxylic acids is 1. The minimum atomic E-state index is -1.06. The summed E-state index contributed by atoms with van der Waals surface area (Å²) in [4.78, 5) is 34.9. The van der Waals surface area contributed by atoms with E-state index in [1.54, 1.807) is 12.1 Å². The lowest BCUT2D eigenvalue weighted by atomic mass is 10.2. The quantitative estimate of drug-likeness (QED) is 0.238. The molecule has 8 heteroatoms. The lowest BCUT2D eigenvalue weighted by Crippen LogP contribution is -2.10. The molecule has 0 saturated carbocycles. The van der Waals surface area contributed by atoms with Gasteiger partial charge in [-0.1, -0.05) is 12.1 Å². The van der Waals surface area contributed by atoms with Crippen molar-refractivity contribution in [2.75, 3.05) is 0 Å². The van der Waals surface area contributed by atoms with Gasteiger partial charge in [0, 0.05) is 6.08 Å². The Balaban J connectivity index is 1.61. The summed E-state index contributed by atoms with van der Waals surface area (Å²) in [5, 5.41) is 27.4. The molecule has 0 aliphatic carbocycles. The second-order valence-electron chi connectivity index (χ2n) is 6.25. The lowest BCUT2D eigenvalue weighted by Gasteiger charge is -2.07. The van der Waals surface area contributed by atoms with E-state index in [2.05, 4.69) is 0 Å². The molecule has 0 heterocycles. The van der Waals surface area contributed by atoms with Crippen molar-refractivity contribution in [2.24, 2.45) is 0 Å². The SMILES string of the molecule is O=C(O)C=Cc1ccc(OC(=O)c2ccc(OC(=O)c3ccc(O)c(O)c3)cc2)cc1. The largest absolute Gasteiger partial charge is 0.504 e. The number of carboxylic acid groups (broad SMARTS) is 1. The highest BCUT2D eigenvalue weighted by atomic mass is 16.5. The van der Waals surface area contributed by atoms with Gasteiger partial charge in [0.25, 0.3) is 0 Å². The molecular formula is C23H16O8. The zero-order chi connectivity index (χ0) is 22.4. The number of aliphatic carboxylic acids is 1. The smallest absolute Gasteiger partial charge is 0.343 e. The maximum atomic E-state index is 12.3. The molecular weight excluding hydrogens is 404 g/mol. The zero-order valence-electron chi connectivity index (χ0n) is 15.9. The van der Waals surface area contributed by atoms with E-state index in [0.717, 1.165) is 12.1 Å². The highest BCUT2D eigenvalue weighted by Crippen LogP contribution is 2.25. The molecule has 0 spiro atoms. The molecule has 0 aliphatic rings. The standard InChI is InChI=1S/C23H16O8/c24-19-11-6-16(13-20(19)25)23(29)31-18-9-4-15(5-10-18)22(28)30-17-7-1-14(2-8-17)3-12-21(26)27/h1-13,24-25H,(H,26,27). The van der Waals surface area contributed by atoms with Crippen molar-refractivity contribution in [1.82, 2.24) is 0 Å². The van der Waals surface area contributed by atoms with E-state index in [-0.39, 0.29) is 28.4 Å². The summed E-state index contributed by atoms with van der Waals surface area (Å²) in [6, 6.07) is 15.5. The maximum Gasteiger partial charge on any atom is 0.343 e. The van der Waals surface area contributed by atoms with Crippen molar-refractivity contribution < 1.29 is 39.2 Å². The first-order valence-corrected chi connectivity index (χ1v) is 8.89. The molecule has 0 aliphatic heterocycles. The molecule has 0 unspecified atom stereocenters. The molecule has 3 N–H and O–H groups in total. The van der Waals surface area contributed by atoms with Crippen LogP contribution in [0.15, 0.2) is 72.8 Å². The van der Waals surface area contributed by atoms with Gasteiger partial charge in [-0.15, -0.1) is 0 Å². The van der Waals surface area contributed by atoms with Gasteiger partial charge in [0.2, 0.25) is 0 Å². The van der Waals surface area contributed by atoms with Crippen LogP contribution in [0.1, 0.15) is 26.3 Å². The Labute approximate surface area is 176 Å². The van der Waals surface area contributed by atoms with Gasteiger partial charge in [0.1, 0.15) is 11.5 Å². The normalized spacial score (nSPS) is 10.6. The monoisotopic (exact) mass is 420 g/mol. The summed E-state index contributed by atoms with van der Waals surface area (Å²) in [5.74, 6) is -2.79. The minimum absolute atomic E-state index is 0.0421. The van der Waals surface area contributed by atoms with Gasteiger partial charge >= 0.3 is 17.9 Å². The molecule has 0 amide bonds. The topological polar surface area (TPSA) is 130 Å². The first kappa shape index (κ1) is 21.1. The summed E-state index contributed by atoms with van der Waals surface area (Å²) in [7, 11) is 0. The number of ether oxygens (including phenoxy) is 2. The number of rotatable bonds is 6. The fourth-order valence-corrected chi connectivity index (χ4v) is 2.46. The summed E-state index contributed by atoms with van der Waals surface area (Å²) in [6.07, 6.45) is 2.41. The summed E-state index contributed by atoms with van der Waals surface area (Å²) in [6.45, 7) is 0. The molecule has 3 rings (SSSR count). The fourth-order valence-electron chi connectivity index (χ4n) is 2.46. The van der Waals surface area contributed by atoms with E-state index >= 15 is 0 Å². The highest BCUT2D eigenvalue weighted by Gasteiger charge is 2.13. The summed E-state index contributed by atoms with van der Waals surface area (Å²) < 4.78 is 10.4. The predicted octanol–water partition coefficient (Wildman–Crippen LogP) is 3.63. The van der Waals surface area contributed by atoms with Gasteiger partial charge < -0.3 is 24.8 Å². The average molecular weight is 420 g/mol. The van der Waals surface area contributed by atoms with Crippen LogP contribution in [0.25, 0.3) is 6.08 Å². The Morgan fingerprint density at radius 1 is 0.677 bits per heavy atom. The van der Waals surface area contributed by atoms with Crippen molar-refractivity contribution in [3.05, 3.63) is 89.5 Å². The van der Waals surface area contributed by atoms with Gasteiger partial charge in [-0.2, -0.15) is 0 Å². The Kier molecular flexibility index (Phi) is 6.32. The second-order valence-corrected chi connectivity index (χ2v) is 6.25. The number of esters is 2. The van der Waals surface area contributed by atoms with Crippen LogP contribution in [0.3, 0.4) is 0 Å². The number of carbonyl (C=O) groups is 3. The van der Waals surface area contributed by atoms with E-state index in [9.17, 15) is 24.6 Å². The third-order valence-corrected chi connectivity index (χ3v) is 4.02. The second kappa shape index (κ2) is 9.27. The van der Waals surface area contributed by atoms with Crippen molar-refractivity contribution in [3.8, 4) is 23.0 Å². The van der Waals surface area contributed by atoms with Crippen LogP contribution in [0.4, 0.5) is 0 Å². The number of hydrogen-bond donors (Lipinski definition) is 3. The van der Waals surface area contributed by atoms with Crippen LogP contribution in [0.5, 0.6) is 23.0 Å². The van der Waals surface area contributed by atoms with Gasteiger partial charge in [0.05, 0.1) is 11.1 Å². The van der Waals surface area contributed by atoms with Crippen LogP contribution >= 0.6 is 0 Å². The number of benzene rings is 3. The third kappa shape index (κ3) is 5.70. The van der Waals surface area contributed by atoms with Crippen molar-refractivity contribution in [1.29, 1.82) is 0 Å². The van der Waals surface area contributed by atoms with Gasteiger partial charge in [-0.05, 0) is 66.2 Å². The molecule has 156 valence electrons. The maximum absolute atomic E-state index is 12.3. The van der Waals surface area contributed by atoms with E-state index in [1.165, 1.54) is 54.6 Å². The number of phenolic OH excluding ortho intramolecular Hbond substituents is 2. The molecule has 0 saturated heterocycles. The van der Waals surface area contributed by atoms with E-state index in [1.807, 2.05) is 0 Å². The molecule has 0 aromatic heterocycles. The molecule has 0 fully saturated rings. The highest BCUT2D eigenvalue weighted by molar-refractivity contribution is 5.93. The average Bonchev–Trinajstić information content (AvgIpc) is 2.75. The molecule has 0 bridgehead atoms. The van der Waals surface area contributed by atoms with Crippen molar-refractivity contribution >= 4 is 24.0 Å². The van der Waals surface area contributed by atoms with E-state index in [4.69, 9.17) is 14.6 Å². The third-order valence-electron chi connectivity index (χ3n) is 4.02. The number of carbonyl (C=O) groups excluding carboxylic acids is 2. The van der Waals surface area contributed by atoms with Crippen molar-refractivity contribution in [2.45, 2.75) is 0 Å². The molecule has 8 nitrogen and oxygen atoms in total. The Hall–Kier alpha value is -4.59. The molecule has 31 heavy (non-hydrogen) atoms. The number of phenols is 2. The lowest BCUT2D eigenvalue weighted by molar-refractivity contribution is -0.131.